The van der Waals surface area contributed by atoms with Gasteiger partial charge in [-0.2, -0.15) is 0 Å². The lowest BCUT2D eigenvalue weighted by Crippen LogP contribution is -2.05. The van der Waals surface area contributed by atoms with Gasteiger partial charge in [-0.3, -0.25) is 0 Å². The fourth-order valence-electron chi connectivity index (χ4n) is 3.28. The van der Waals surface area contributed by atoms with Gasteiger partial charge in [-0.15, -0.1) is 0 Å². The highest BCUT2D eigenvalue weighted by atomic mass is 16.5. The number of hydrogen-bond acceptors (Lipinski definition) is 4. The number of hydrogen-bond donors (Lipinski definition) is 0. The van der Waals surface area contributed by atoms with E-state index in [1.165, 1.54) is 0 Å². The number of aliphatic imine (C=N–C) groups is 1. The first-order valence-corrected chi connectivity index (χ1v) is 9.96. The highest BCUT2D eigenvalue weighted by molar-refractivity contribution is 6.05. The fourth-order valence-corrected chi connectivity index (χ4v) is 3.28. The van der Waals surface area contributed by atoms with Crippen LogP contribution in [0.25, 0.3) is 21.9 Å². The standard InChI is InChI=1S/C27H19NO3/c1-3-9-21(10-4-1)29-18-17-27(30-22-11-5-2-6-12-22)28-20-15-16-24-23-13-7-8-14-25(23)31-26(24)19-20/h1-19H. The molecule has 0 bridgehead atoms. The molecule has 4 heteroatoms. The molecule has 0 spiro atoms. The average molecular weight is 405 g/mol. The molecule has 0 amide bonds. The van der Waals surface area contributed by atoms with Crippen molar-refractivity contribution in [3.8, 4) is 11.5 Å². The lowest BCUT2D eigenvalue weighted by atomic mass is 10.1. The third kappa shape index (κ3) is 4.33. The summed E-state index contributed by atoms with van der Waals surface area (Å²) in [6.07, 6.45) is 3.26. The first-order chi connectivity index (χ1) is 15.3. The Kier molecular flexibility index (Phi) is 5.18. The molecule has 0 aliphatic rings. The quantitative estimate of drug-likeness (QED) is 0.175. The molecule has 5 rings (SSSR count). The zero-order valence-corrected chi connectivity index (χ0v) is 16.6. The van der Waals surface area contributed by atoms with E-state index in [2.05, 4.69) is 11.1 Å². The van der Waals surface area contributed by atoms with Crippen molar-refractivity contribution < 1.29 is 13.9 Å². The monoisotopic (exact) mass is 405 g/mol. The Labute approximate surface area is 179 Å². The molecule has 0 atom stereocenters. The van der Waals surface area contributed by atoms with Crippen LogP contribution in [0.4, 0.5) is 5.69 Å². The molecule has 0 saturated heterocycles. The van der Waals surface area contributed by atoms with E-state index in [9.17, 15) is 0 Å². The topological polar surface area (TPSA) is 44.0 Å². The number of benzene rings is 4. The van der Waals surface area contributed by atoms with Crippen molar-refractivity contribution in [1.82, 2.24) is 0 Å². The normalized spacial score (nSPS) is 11.9. The summed E-state index contributed by atoms with van der Waals surface area (Å²) in [6, 6.07) is 32.9. The molecule has 0 radical (unpaired) electrons. The van der Waals surface area contributed by atoms with Crippen LogP contribution in [-0.4, -0.2) is 5.90 Å². The van der Waals surface area contributed by atoms with Crippen LogP contribution in [0.1, 0.15) is 0 Å². The second-order valence-corrected chi connectivity index (χ2v) is 6.88. The van der Waals surface area contributed by atoms with Crippen LogP contribution in [-0.2, 0) is 0 Å². The molecule has 4 aromatic carbocycles. The zero-order chi connectivity index (χ0) is 20.9. The van der Waals surface area contributed by atoms with Gasteiger partial charge in [-0.05, 0) is 42.5 Å². The third-order valence-electron chi connectivity index (χ3n) is 4.73. The van der Waals surface area contributed by atoms with E-state index >= 15 is 0 Å². The average Bonchev–Trinajstić information content (AvgIpc) is 3.18. The molecule has 0 saturated carbocycles. The van der Waals surface area contributed by atoms with Gasteiger partial charge in [0, 0.05) is 22.9 Å². The summed E-state index contributed by atoms with van der Waals surface area (Å²) in [4.78, 5) is 4.67. The van der Waals surface area contributed by atoms with E-state index in [4.69, 9.17) is 13.9 Å². The molecule has 5 aromatic rings. The number of fused-ring (bicyclic) bond motifs is 3. The number of nitrogens with zero attached hydrogens (tertiary/aromatic N) is 1. The van der Waals surface area contributed by atoms with Crippen LogP contribution in [0, 0.1) is 0 Å². The van der Waals surface area contributed by atoms with Gasteiger partial charge in [0.1, 0.15) is 22.7 Å². The highest BCUT2D eigenvalue weighted by Gasteiger charge is 2.07. The molecule has 0 unspecified atom stereocenters. The maximum Gasteiger partial charge on any atom is 0.222 e. The zero-order valence-electron chi connectivity index (χ0n) is 16.6. The van der Waals surface area contributed by atoms with Gasteiger partial charge in [0.15, 0.2) is 0 Å². The number of para-hydroxylation sites is 3. The fraction of sp³-hybridized carbons (Fsp3) is 0. The van der Waals surface area contributed by atoms with Gasteiger partial charge in [-0.25, -0.2) is 4.99 Å². The molecule has 1 heterocycles. The second-order valence-electron chi connectivity index (χ2n) is 6.88. The lowest BCUT2D eigenvalue weighted by molar-refractivity contribution is 0.479. The van der Waals surface area contributed by atoms with Crippen LogP contribution in [0.2, 0.25) is 0 Å². The van der Waals surface area contributed by atoms with E-state index in [0.717, 1.165) is 33.4 Å². The minimum absolute atomic E-state index is 0.401. The Hall–Kier alpha value is -4.31. The predicted octanol–water partition coefficient (Wildman–Crippen LogP) is 7.29. The van der Waals surface area contributed by atoms with Crippen molar-refractivity contribution in [2.24, 2.45) is 4.99 Å². The van der Waals surface area contributed by atoms with Crippen molar-refractivity contribution in [2.75, 3.05) is 0 Å². The molecule has 4 nitrogen and oxygen atoms in total. The van der Waals surface area contributed by atoms with E-state index in [1.807, 2.05) is 97.1 Å². The minimum atomic E-state index is 0.401. The molecular formula is C27H19NO3. The Morgan fingerprint density at radius 2 is 1.35 bits per heavy atom. The summed E-state index contributed by atoms with van der Waals surface area (Å²) in [7, 11) is 0. The number of rotatable bonds is 5. The summed E-state index contributed by atoms with van der Waals surface area (Å²) in [5, 5.41) is 2.15. The Morgan fingerprint density at radius 1 is 0.677 bits per heavy atom. The molecule has 0 N–H and O–H groups in total. The van der Waals surface area contributed by atoms with Gasteiger partial charge in [-0.1, -0.05) is 54.6 Å². The number of furan rings is 1. The summed E-state index contributed by atoms with van der Waals surface area (Å²) >= 11 is 0. The maximum absolute atomic E-state index is 5.98. The van der Waals surface area contributed by atoms with E-state index in [1.54, 1.807) is 12.3 Å². The number of ether oxygens (including phenoxy) is 2. The second kappa shape index (κ2) is 8.59. The first kappa shape index (κ1) is 18.7. The first-order valence-electron chi connectivity index (χ1n) is 9.96. The van der Waals surface area contributed by atoms with Gasteiger partial charge >= 0.3 is 0 Å². The Morgan fingerprint density at radius 3 is 2.16 bits per heavy atom. The molecule has 0 aliphatic carbocycles. The van der Waals surface area contributed by atoms with Crippen molar-refractivity contribution >= 4 is 33.5 Å². The summed E-state index contributed by atoms with van der Waals surface area (Å²) in [5.41, 5.74) is 2.36. The molecule has 1 aromatic heterocycles. The Balaban J connectivity index is 1.47. The van der Waals surface area contributed by atoms with E-state index in [0.29, 0.717) is 11.6 Å². The van der Waals surface area contributed by atoms with Crippen molar-refractivity contribution in [3.05, 3.63) is 115 Å². The van der Waals surface area contributed by atoms with E-state index < -0.39 is 0 Å². The molecule has 0 aliphatic heterocycles. The van der Waals surface area contributed by atoms with Gasteiger partial charge in [0.05, 0.1) is 11.9 Å². The third-order valence-corrected chi connectivity index (χ3v) is 4.73. The smallest absolute Gasteiger partial charge is 0.222 e. The predicted molar refractivity (Wildman–Crippen MR) is 124 cm³/mol. The summed E-state index contributed by atoms with van der Waals surface area (Å²) < 4.78 is 17.6. The Bertz CT molecular complexity index is 1370. The summed E-state index contributed by atoms with van der Waals surface area (Å²) in [5.74, 6) is 1.83. The molecular weight excluding hydrogens is 386 g/mol. The molecule has 31 heavy (non-hydrogen) atoms. The van der Waals surface area contributed by atoms with E-state index in [-0.39, 0.29) is 0 Å². The largest absolute Gasteiger partial charge is 0.465 e. The van der Waals surface area contributed by atoms with Crippen LogP contribution in [0.15, 0.2) is 125 Å². The lowest BCUT2D eigenvalue weighted by Gasteiger charge is -2.06. The van der Waals surface area contributed by atoms with Gasteiger partial charge in [0.2, 0.25) is 5.90 Å². The van der Waals surface area contributed by atoms with Crippen molar-refractivity contribution in [3.63, 3.8) is 0 Å². The van der Waals surface area contributed by atoms with Crippen LogP contribution in [0.5, 0.6) is 11.5 Å². The van der Waals surface area contributed by atoms with Crippen LogP contribution < -0.4 is 9.47 Å². The maximum atomic E-state index is 5.98. The highest BCUT2D eigenvalue weighted by Crippen LogP contribution is 2.31. The SMILES string of the molecule is C(=CC(=Nc1ccc2c(c1)oc1ccccc12)Oc1ccccc1)Oc1ccccc1. The molecule has 0 fully saturated rings. The van der Waals surface area contributed by atoms with Gasteiger partial charge < -0.3 is 13.9 Å². The van der Waals surface area contributed by atoms with Crippen LogP contribution in [0.3, 0.4) is 0 Å². The van der Waals surface area contributed by atoms with Crippen molar-refractivity contribution in [1.29, 1.82) is 0 Å². The van der Waals surface area contributed by atoms with Crippen molar-refractivity contribution in [2.45, 2.75) is 0 Å². The minimum Gasteiger partial charge on any atom is -0.465 e. The van der Waals surface area contributed by atoms with Gasteiger partial charge in [0.25, 0.3) is 0 Å². The molecule has 150 valence electrons. The van der Waals surface area contributed by atoms with Crippen LogP contribution >= 0.6 is 0 Å². The summed E-state index contributed by atoms with van der Waals surface area (Å²) in [6.45, 7) is 0.